The number of carbonyl (C=O) groups is 1. The van der Waals surface area contributed by atoms with E-state index in [0.717, 1.165) is 0 Å². The SMILES string of the molecule is COC(=O)c1cnc(NCc2ccccc2OC(F)F)nc1. The van der Waals surface area contributed by atoms with E-state index in [0.29, 0.717) is 5.56 Å². The number of methoxy groups -OCH3 is 1. The topological polar surface area (TPSA) is 73.3 Å². The smallest absolute Gasteiger partial charge is 0.387 e. The molecule has 0 aliphatic heterocycles. The minimum atomic E-state index is -2.89. The molecule has 1 heterocycles. The number of halogens is 2. The normalized spacial score (nSPS) is 10.4. The molecule has 0 saturated carbocycles. The van der Waals surface area contributed by atoms with Gasteiger partial charge in [0.15, 0.2) is 0 Å². The Hall–Kier alpha value is -2.77. The summed E-state index contributed by atoms with van der Waals surface area (Å²) in [6.07, 6.45) is 2.62. The van der Waals surface area contributed by atoms with Crippen molar-refractivity contribution >= 4 is 11.9 Å². The fraction of sp³-hybridized carbons (Fsp3) is 0.214. The molecule has 0 spiro atoms. The Morgan fingerprint density at radius 3 is 2.59 bits per heavy atom. The number of ether oxygens (including phenoxy) is 2. The Labute approximate surface area is 125 Å². The molecule has 0 amide bonds. The van der Waals surface area contributed by atoms with Crippen molar-refractivity contribution in [3.63, 3.8) is 0 Å². The van der Waals surface area contributed by atoms with E-state index in [1.165, 1.54) is 25.6 Å². The molecule has 1 N–H and O–H groups in total. The number of nitrogens with zero attached hydrogens (tertiary/aromatic N) is 2. The molecule has 0 aliphatic carbocycles. The van der Waals surface area contributed by atoms with Gasteiger partial charge in [-0.2, -0.15) is 8.78 Å². The number of nitrogens with one attached hydrogen (secondary N) is 1. The zero-order valence-corrected chi connectivity index (χ0v) is 11.6. The van der Waals surface area contributed by atoms with Crippen molar-refractivity contribution in [1.82, 2.24) is 9.97 Å². The molecule has 0 aliphatic rings. The second-order valence-electron chi connectivity index (χ2n) is 4.13. The number of hydrogen-bond donors (Lipinski definition) is 1. The number of esters is 1. The van der Waals surface area contributed by atoms with Gasteiger partial charge in [0.25, 0.3) is 0 Å². The van der Waals surface area contributed by atoms with Crippen LogP contribution in [0.3, 0.4) is 0 Å². The van der Waals surface area contributed by atoms with Crippen LogP contribution >= 0.6 is 0 Å². The summed E-state index contributed by atoms with van der Waals surface area (Å²) in [6.45, 7) is -2.70. The van der Waals surface area contributed by atoms with Crippen molar-refractivity contribution in [3.05, 3.63) is 47.8 Å². The second-order valence-corrected chi connectivity index (χ2v) is 4.13. The highest BCUT2D eigenvalue weighted by Gasteiger charge is 2.10. The molecular formula is C14H13F2N3O3. The lowest BCUT2D eigenvalue weighted by Gasteiger charge is -2.11. The van der Waals surface area contributed by atoms with Crippen LogP contribution < -0.4 is 10.1 Å². The maximum Gasteiger partial charge on any atom is 0.387 e. The number of hydrogen-bond acceptors (Lipinski definition) is 6. The molecular weight excluding hydrogens is 296 g/mol. The Morgan fingerprint density at radius 1 is 1.27 bits per heavy atom. The summed E-state index contributed by atoms with van der Waals surface area (Å²) in [5, 5.41) is 2.86. The number of carbonyl (C=O) groups excluding carboxylic acids is 1. The molecule has 6 nitrogen and oxygen atoms in total. The average Bonchev–Trinajstić information content (AvgIpc) is 2.53. The van der Waals surface area contributed by atoms with Crippen molar-refractivity contribution in [1.29, 1.82) is 0 Å². The Kier molecular flexibility index (Phi) is 5.18. The van der Waals surface area contributed by atoms with Gasteiger partial charge in [-0.25, -0.2) is 14.8 Å². The molecule has 0 fully saturated rings. The van der Waals surface area contributed by atoms with E-state index in [1.807, 2.05) is 0 Å². The first kappa shape index (κ1) is 15.6. The predicted octanol–water partition coefficient (Wildman–Crippen LogP) is 2.48. The number of rotatable bonds is 6. The maximum absolute atomic E-state index is 12.3. The average molecular weight is 309 g/mol. The van der Waals surface area contributed by atoms with Gasteiger partial charge in [0, 0.05) is 24.5 Å². The second kappa shape index (κ2) is 7.30. The van der Waals surface area contributed by atoms with E-state index in [1.54, 1.807) is 18.2 Å². The highest BCUT2D eigenvalue weighted by Crippen LogP contribution is 2.20. The van der Waals surface area contributed by atoms with Gasteiger partial charge < -0.3 is 14.8 Å². The molecule has 22 heavy (non-hydrogen) atoms. The van der Waals surface area contributed by atoms with E-state index >= 15 is 0 Å². The molecule has 0 bridgehead atoms. The van der Waals surface area contributed by atoms with Crippen molar-refractivity contribution in [2.45, 2.75) is 13.2 Å². The summed E-state index contributed by atoms with van der Waals surface area (Å²) in [4.78, 5) is 19.1. The molecule has 1 aromatic carbocycles. The third-order valence-corrected chi connectivity index (χ3v) is 2.70. The van der Waals surface area contributed by atoms with Crippen LogP contribution in [0.1, 0.15) is 15.9 Å². The Bertz CT molecular complexity index is 635. The summed E-state index contributed by atoms with van der Waals surface area (Å²) in [5.74, 6) is -0.210. The standard InChI is InChI=1S/C14H13F2N3O3/c1-21-12(20)10-7-18-14(19-8-10)17-6-9-4-2-3-5-11(9)22-13(15)16/h2-5,7-8,13H,6H2,1H3,(H,17,18,19). The van der Waals surface area contributed by atoms with Gasteiger partial charge >= 0.3 is 12.6 Å². The van der Waals surface area contributed by atoms with Crippen molar-refractivity contribution in [3.8, 4) is 5.75 Å². The van der Waals surface area contributed by atoms with Gasteiger partial charge in [0.1, 0.15) is 5.75 Å². The van der Waals surface area contributed by atoms with Gasteiger partial charge in [-0.1, -0.05) is 18.2 Å². The zero-order valence-electron chi connectivity index (χ0n) is 11.6. The number of para-hydroxylation sites is 1. The maximum atomic E-state index is 12.3. The first-order valence-electron chi connectivity index (χ1n) is 6.27. The zero-order chi connectivity index (χ0) is 15.9. The summed E-state index contributed by atoms with van der Waals surface area (Å²) in [7, 11) is 1.26. The summed E-state index contributed by atoms with van der Waals surface area (Å²) in [5.41, 5.74) is 0.748. The van der Waals surface area contributed by atoms with Crippen LogP contribution in [0, 0.1) is 0 Å². The predicted molar refractivity (Wildman–Crippen MR) is 73.8 cm³/mol. The van der Waals surface area contributed by atoms with Crippen LogP contribution in [-0.2, 0) is 11.3 Å². The van der Waals surface area contributed by atoms with Crippen LogP contribution in [0.15, 0.2) is 36.7 Å². The van der Waals surface area contributed by atoms with E-state index in [9.17, 15) is 13.6 Å². The minimum absolute atomic E-state index is 0.0798. The lowest BCUT2D eigenvalue weighted by molar-refractivity contribution is -0.0504. The number of benzene rings is 1. The molecule has 2 rings (SSSR count). The van der Waals surface area contributed by atoms with Crippen LogP contribution in [-0.4, -0.2) is 29.7 Å². The fourth-order valence-electron chi connectivity index (χ4n) is 1.68. The number of anilines is 1. The van der Waals surface area contributed by atoms with Crippen LogP contribution in [0.2, 0.25) is 0 Å². The fourth-order valence-corrected chi connectivity index (χ4v) is 1.68. The monoisotopic (exact) mass is 309 g/mol. The highest BCUT2D eigenvalue weighted by molar-refractivity contribution is 5.88. The summed E-state index contributed by atoms with van der Waals surface area (Å²) in [6, 6.07) is 6.40. The molecule has 0 unspecified atom stereocenters. The summed E-state index contributed by atoms with van der Waals surface area (Å²) >= 11 is 0. The number of aromatic nitrogens is 2. The van der Waals surface area contributed by atoms with Crippen LogP contribution in [0.5, 0.6) is 5.75 Å². The van der Waals surface area contributed by atoms with Gasteiger partial charge in [0.05, 0.1) is 12.7 Å². The van der Waals surface area contributed by atoms with Crippen LogP contribution in [0.4, 0.5) is 14.7 Å². The van der Waals surface area contributed by atoms with E-state index < -0.39 is 12.6 Å². The Balaban J connectivity index is 2.02. The van der Waals surface area contributed by atoms with E-state index in [2.05, 4.69) is 24.8 Å². The Morgan fingerprint density at radius 2 is 1.95 bits per heavy atom. The van der Waals surface area contributed by atoms with Crippen LogP contribution in [0.25, 0.3) is 0 Å². The summed E-state index contributed by atoms with van der Waals surface area (Å²) < 4.78 is 33.6. The third kappa shape index (κ3) is 4.11. The molecule has 8 heteroatoms. The van der Waals surface area contributed by atoms with Gasteiger partial charge in [0.2, 0.25) is 5.95 Å². The van der Waals surface area contributed by atoms with Crippen molar-refractivity contribution in [2.75, 3.05) is 12.4 Å². The van der Waals surface area contributed by atoms with E-state index in [4.69, 9.17) is 0 Å². The molecule has 0 atom stereocenters. The first-order chi connectivity index (χ1) is 10.6. The molecule has 0 saturated heterocycles. The highest BCUT2D eigenvalue weighted by atomic mass is 19.3. The quantitative estimate of drug-likeness (QED) is 0.826. The molecule has 116 valence electrons. The van der Waals surface area contributed by atoms with E-state index in [-0.39, 0.29) is 23.8 Å². The lowest BCUT2D eigenvalue weighted by atomic mass is 10.2. The number of alkyl halides is 2. The van der Waals surface area contributed by atoms with Gasteiger partial charge in [-0.3, -0.25) is 0 Å². The molecule has 0 radical (unpaired) electrons. The molecule has 2 aromatic rings. The molecule has 1 aromatic heterocycles. The lowest BCUT2D eigenvalue weighted by Crippen LogP contribution is -2.09. The third-order valence-electron chi connectivity index (χ3n) is 2.70. The van der Waals surface area contributed by atoms with Crippen molar-refractivity contribution in [2.24, 2.45) is 0 Å². The minimum Gasteiger partial charge on any atom is -0.465 e. The first-order valence-corrected chi connectivity index (χ1v) is 6.27. The van der Waals surface area contributed by atoms with Gasteiger partial charge in [-0.15, -0.1) is 0 Å². The van der Waals surface area contributed by atoms with Gasteiger partial charge in [-0.05, 0) is 6.07 Å². The van der Waals surface area contributed by atoms with Crippen molar-refractivity contribution < 1.29 is 23.0 Å². The largest absolute Gasteiger partial charge is 0.465 e.